The fourth-order valence-electron chi connectivity index (χ4n) is 7.68. The second kappa shape index (κ2) is 25.3. The lowest BCUT2D eigenvalue weighted by Crippen LogP contribution is -2.62. The zero-order valence-electron chi connectivity index (χ0n) is 39.7. The molecule has 2 rings (SSSR count). The SMILES string of the molecule is CC[C@H](C)[C@@H]1NC(=O)[C@H](c2cc(O)c(C)c(O)c2)NC(=O)[C@H](NC(=O)[C@H](C)NC(=O)[C@H](NC(=O)CC(=O)[C@@H](C)C[C@@H](C)C[C@@H](C)[C@H](O)[C@@H](C)C(=O)[C@@H](C)O)[C@@H](C)O)[C@@H](C)NC(=O)CNC1=O. The van der Waals surface area contributed by atoms with Crippen LogP contribution in [0.1, 0.15) is 112 Å². The van der Waals surface area contributed by atoms with Crippen molar-refractivity contribution in [3.05, 3.63) is 23.3 Å². The zero-order chi connectivity index (χ0) is 50.5. The largest absolute Gasteiger partial charge is 0.508 e. The number of nitrogens with one attached hydrogen (secondary N) is 7. The number of ketones is 2. The van der Waals surface area contributed by atoms with Crippen molar-refractivity contribution in [3.63, 3.8) is 0 Å². The van der Waals surface area contributed by atoms with Crippen molar-refractivity contribution in [3.8, 4) is 11.5 Å². The van der Waals surface area contributed by atoms with Crippen LogP contribution < -0.4 is 37.2 Å². The van der Waals surface area contributed by atoms with Crippen molar-refractivity contribution in [2.24, 2.45) is 29.6 Å². The Morgan fingerprint density at radius 1 is 0.788 bits per heavy atom. The van der Waals surface area contributed by atoms with E-state index in [2.05, 4.69) is 37.2 Å². The van der Waals surface area contributed by atoms with Crippen LogP contribution in [-0.4, -0.2) is 134 Å². The molecular formula is C45H71N7O14. The zero-order valence-corrected chi connectivity index (χ0v) is 39.7. The molecule has 7 amide bonds. The van der Waals surface area contributed by atoms with Gasteiger partial charge in [-0.1, -0.05) is 48.0 Å². The van der Waals surface area contributed by atoms with Gasteiger partial charge < -0.3 is 62.8 Å². The summed E-state index contributed by atoms with van der Waals surface area (Å²) in [6, 6.07) is -6.59. The van der Waals surface area contributed by atoms with E-state index in [4.69, 9.17) is 0 Å². The van der Waals surface area contributed by atoms with Crippen LogP contribution in [0.5, 0.6) is 11.5 Å². The third kappa shape index (κ3) is 16.0. The van der Waals surface area contributed by atoms with Crippen LogP contribution in [0.2, 0.25) is 0 Å². The molecule has 14 atom stereocenters. The number of hydrogen-bond acceptors (Lipinski definition) is 14. The highest BCUT2D eigenvalue weighted by atomic mass is 16.3. The second-order valence-corrected chi connectivity index (χ2v) is 18.0. The first kappa shape index (κ1) is 56.5. The number of aromatic hydroxyl groups is 2. The van der Waals surface area contributed by atoms with Gasteiger partial charge in [0.1, 0.15) is 53.6 Å². The Bertz CT molecular complexity index is 1920. The highest BCUT2D eigenvalue weighted by molar-refractivity contribution is 6.01. The lowest BCUT2D eigenvalue weighted by Gasteiger charge is -2.29. The summed E-state index contributed by atoms with van der Waals surface area (Å²) in [4.78, 5) is 120. The van der Waals surface area contributed by atoms with Crippen molar-refractivity contribution in [1.82, 2.24) is 37.2 Å². The quantitative estimate of drug-likeness (QED) is 0.0712. The second-order valence-electron chi connectivity index (χ2n) is 18.0. The molecule has 21 nitrogen and oxygen atoms in total. The van der Waals surface area contributed by atoms with Gasteiger partial charge in [-0.25, -0.2) is 0 Å². The number of phenolic OH excluding ortho intramolecular Hbond substituents is 2. The molecule has 0 saturated carbocycles. The molecule has 0 unspecified atom stereocenters. The molecule has 21 heteroatoms. The van der Waals surface area contributed by atoms with Gasteiger partial charge in [-0.3, -0.25) is 43.2 Å². The van der Waals surface area contributed by atoms with Gasteiger partial charge >= 0.3 is 0 Å². The normalized spacial score (nSPS) is 23.0. The topological polar surface area (TPSA) is 339 Å². The van der Waals surface area contributed by atoms with Crippen LogP contribution in [-0.2, 0) is 43.2 Å². The fourth-order valence-corrected chi connectivity index (χ4v) is 7.68. The number of rotatable bonds is 20. The van der Waals surface area contributed by atoms with Gasteiger partial charge in [0.15, 0.2) is 5.78 Å². The molecule has 0 bridgehead atoms. The first-order valence-electron chi connectivity index (χ1n) is 22.3. The number of hydrogen-bond donors (Lipinski definition) is 12. The number of aliphatic hydroxyl groups is 3. The third-order valence-corrected chi connectivity index (χ3v) is 12.1. The van der Waals surface area contributed by atoms with E-state index in [0.29, 0.717) is 19.3 Å². The Labute approximate surface area is 385 Å². The van der Waals surface area contributed by atoms with Crippen LogP contribution >= 0.6 is 0 Å². The molecule has 1 saturated heterocycles. The molecule has 0 radical (unpaired) electrons. The Morgan fingerprint density at radius 2 is 1.38 bits per heavy atom. The number of amides is 7. The summed E-state index contributed by atoms with van der Waals surface area (Å²) in [7, 11) is 0. The van der Waals surface area contributed by atoms with E-state index in [1.54, 1.807) is 27.7 Å². The summed E-state index contributed by atoms with van der Waals surface area (Å²) in [6.45, 7) is 16.2. The minimum Gasteiger partial charge on any atom is -0.508 e. The highest BCUT2D eigenvalue weighted by Crippen LogP contribution is 2.31. The van der Waals surface area contributed by atoms with Crippen LogP contribution in [0.25, 0.3) is 0 Å². The van der Waals surface area contributed by atoms with E-state index in [-0.39, 0.29) is 23.0 Å². The van der Waals surface area contributed by atoms with Gasteiger partial charge in [0.05, 0.1) is 31.2 Å². The Morgan fingerprint density at radius 3 is 1.92 bits per heavy atom. The van der Waals surface area contributed by atoms with E-state index in [1.165, 1.54) is 41.5 Å². The molecule has 0 aliphatic carbocycles. The van der Waals surface area contributed by atoms with Crippen LogP contribution in [0.3, 0.4) is 0 Å². The first-order chi connectivity index (χ1) is 30.6. The lowest BCUT2D eigenvalue weighted by atomic mass is 9.81. The van der Waals surface area contributed by atoms with E-state index in [9.17, 15) is 68.7 Å². The summed E-state index contributed by atoms with van der Waals surface area (Å²) >= 11 is 0. The highest BCUT2D eigenvalue weighted by Gasteiger charge is 2.38. The van der Waals surface area contributed by atoms with Crippen LogP contribution in [0.4, 0.5) is 0 Å². The van der Waals surface area contributed by atoms with E-state index in [0.717, 1.165) is 12.1 Å². The molecule has 0 aromatic heterocycles. The molecule has 12 N–H and O–H groups in total. The summed E-state index contributed by atoms with van der Waals surface area (Å²) in [6.07, 6.45) is -3.22. The Balaban J connectivity index is 2.24. The maximum atomic E-state index is 14.1. The number of Topliss-reactive ketones (excluding diaryl/α,β-unsaturated/α-hetero) is 2. The Kier molecular flexibility index (Phi) is 21.6. The molecule has 0 spiro atoms. The van der Waals surface area contributed by atoms with E-state index >= 15 is 0 Å². The molecular weight excluding hydrogens is 863 g/mol. The van der Waals surface area contributed by atoms with Crippen molar-refractivity contribution in [2.75, 3.05) is 6.54 Å². The average Bonchev–Trinajstić information content (AvgIpc) is 3.24. The number of benzene rings is 1. The molecule has 1 fully saturated rings. The predicted octanol–water partition coefficient (Wildman–Crippen LogP) is -0.821. The number of phenols is 2. The number of carbonyl (C=O) groups excluding carboxylic acids is 9. The average molecular weight is 934 g/mol. The third-order valence-electron chi connectivity index (χ3n) is 12.1. The molecule has 1 aliphatic rings. The summed E-state index contributed by atoms with van der Waals surface area (Å²) in [5.41, 5.74) is -0.0215. The summed E-state index contributed by atoms with van der Waals surface area (Å²) < 4.78 is 0. The maximum Gasteiger partial charge on any atom is 0.247 e. The minimum absolute atomic E-state index is 0.0760. The number of aliphatic hydroxyl groups excluding tert-OH is 3. The van der Waals surface area contributed by atoms with Gasteiger partial charge in [0.2, 0.25) is 41.4 Å². The molecule has 1 aromatic rings. The summed E-state index contributed by atoms with van der Waals surface area (Å²) in [5, 5.41) is 68.9. The predicted molar refractivity (Wildman–Crippen MR) is 239 cm³/mol. The monoisotopic (exact) mass is 934 g/mol. The molecule has 66 heavy (non-hydrogen) atoms. The standard InChI is InChI=1S/C45H71N7O14/c1-12-20(3)35-42(63)46-18-34(59)47-25(8)36(43(64)52-38(45(66)50-35)29-15-31(56)23(6)32(57)16-29)51-41(62)26(9)48-44(65)37(27(10)53)49-33(58)17-30(55)21(4)13-19(2)14-22(5)39(60)24(7)40(61)28(11)54/h15-16,19-22,24-28,35-39,53-54,56-57,60H,12-14,17-18H2,1-11H3,(H,46,63)(H,47,59)(H,48,65)(H,49,58)(H,50,66)(H,51,62)(H,52,64)/t19-,20+,21+,22-,24-,25-,26+,27-,28-,35+,36-,37-,38+,39+/m1/s1. The Hall–Kier alpha value is -5.67. The van der Waals surface area contributed by atoms with Crippen molar-refractivity contribution >= 4 is 52.9 Å². The van der Waals surface area contributed by atoms with E-state index in [1.807, 2.05) is 6.92 Å². The minimum atomic E-state index is -1.67. The van der Waals surface area contributed by atoms with Gasteiger partial charge in [0, 0.05) is 17.4 Å². The first-order valence-corrected chi connectivity index (χ1v) is 22.3. The lowest BCUT2D eigenvalue weighted by molar-refractivity contribution is -0.137. The van der Waals surface area contributed by atoms with Crippen molar-refractivity contribution in [2.45, 2.75) is 156 Å². The fraction of sp³-hybridized carbons (Fsp3) is 0.667. The molecule has 1 aliphatic heterocycles. The van der Waals surface area contributed by atoms with Gasteiger partial charge in [-0.2, -0.15) is 0 Å². The number of carbonyl (C=O) groups is 9. The smallest absolute Gasteiger partial charge is 0.247 e. The van der Waals surface area contributed by atoms with E-state index < -0.39 is 150 Å². The van der Waals surface area contributed by atoms with Crippen molar-refractivity contribution in [1.29, 1.82) is 0 Å². The van der Waals surface area contributed by atoms with Gasteiger partial charge in [-0.15, -0.1) is 0 Å². The maximum absolute atomic E-state index is 14.1. The van der Waals surface area contributed by atoms with Crippen LogP contribution in [0, 0.1) is 36.5 Å². The summed E-state index contributed by atoms with van der Waals surface area (Å²) in [5.74, 6) is -10.5. The molecule has 1 aromatic carbocycles. The van der Waals surface area contributed by atoms with Crippen LogP contribution in [0.15, 0.2) is 12.1 Å². The van der Waals surface area contributed by atoms with Gasteiger partial charge in [-0.05, 0) is 82.9 Å². The van der Waals surface area contributed by atoms with Crippen molar-refractivity contribution < 1.29 is 68.7 Å². The van der Waals surface area contributed by atoms with Gasteiger partial charge in [0.25, 0.3) is 0 Å². The molecule has 1 heterocycles. The molecule has 370 valence electrons.